The molecule has 0 aliphatic carbocycles. The average Bonchev–Trinajstić information content (AvgIpc) is 2.78. The summed E-state index contributed by atoms with van der Waals surface area (Å²) in [5, 5.41) is 11.2. The molecule has 0 fully saturated rings. The van der Waals surface area contributed by atoms with Crippen molar-refractivity contribution in [3.8, 4) is 0 Å². The van der Waals surface area contributed by atoms with Crippen molar-refractivity contribution < 1.29 is 9.90 Å². The molecule has 0 saturated heterocycles. The molecule has 2 N–H and O–H groups in total. The minimum absolute atomic E-state index is 0.112. The van der Waals surface area contributed by atoms with Crippen molar-refractivity contribution >= 4 is 27.8 Å². The lowest BCUT2D eigenvalue weighted by Crippen LogP contribution is -2.03. The fourth-order valence-corrected chi connectivity index (χ4v) is 2.44. The number of nitrogens with one attached hydrogen (secondary N) is 1. The Morgan fingerprint density at radius 3 is 2.84 bits per heavy atom. The first-order valence-electron chi connectivity index (χ1n) is 6.34. The molecule has 2 heterocycles. The number of rotatable bonds is 3. The molecule has 0 aliphatic rings. The molecule has 1 aromatic carbocycles. The van der Waals surface area contributed by atoms with Gasteiger partial charge in [-0.25, -0.2) is 9.78 Å². The van der Waals surface area contributed by atoms with Crippen molar-refractivity contribution in [2.75, 3.05) is 0 Å². The Morgan fingerprint density at radius 1 is 1.32 bits per heavy atom. The number of hydrogen-bond donors (Lipinski definition) is 2. The van der Waals surface area contributed by atoms with Gasteiger partial charge in [-0.05, 0) is 18.6 Å². The summed E-state index contributed by atoms with van der Waals surface area (Å²) in [7, 11) is 0. The molecule has 0 aliphatic heterocycles. The molecule has 4 nitrogen and oxygen atoms in total. The Bertz CT molecular complexity index is 774. The van der Waals surface area contributed by atoms with Crippen molar-refractivity contribution in [2.45, 2.75) is 19.8 Å². The number of benzene rings is 1. The van der Waals surface area contributed by atoms with Crippen LogP contribution < -0.4 is 0 Å². The molecule has 0 spiro atoms. The van der Waals surface area contributed by atoms with E-state index < -0.39 is 5.97 Å². The van der Waals surface area contributed by atoms with Crippen LogP contribution in [0.5, 0.6) is 0 Å². The maximum Gasteiger partial charge on any atom is 0.354 e. The quantitative estimate of drug-likeness (QED) is 0.753. The normalized spacial score (nSPS) is 11.2. The lowest BCUT2D eigenvalue weighted by molar-refractivity contribution is 0.0690. The van der Waals surface area contributed by atoms with E-state index in [2.05, 4.69) is 16.9 Å². The molecule has 0 atom stereocenters. The van der Waals surface area contributed by atoms with Crippen molar-refractivity contribution in [3.05, 3.63) is 41.7 Å². The maximum atomic E-state index is 11.2. The summed E-state index contributed by atoms with van der Waals surface area (Å²) in [6.07, 6.45) is 1.70. The molecule has 0 radical (unpaired) electrons. The molecule has 96 valence electrons. The number of H-pyrrole nitrogens is 1. The van der Waals surface area contributed by atoms with Crippen molar-refractivity contribution in [2.24, 2.45) is 0 Å². The van der Waals surface area contributed by atoms with E-state index in [9.17, 15) is 9.90 Å². The van der Waals surface area contributed by atoms with Crippen LogP contribution in [0.25, 0.3) is 21.8 Å². The van der Waals surface area contributed by atoms with E-state index in [0.717, 1.165) is 40.3 Å². The van der Waals surface area contributed by atoms with Crippen LogP contribution in [0.15, 0.2) is 30.3 Å². The van der Waals surface area contributed by atoms with Gasteiger partial charge in [0.25, 0.3) is 0 Å². The second kappa shape index (κ2) is 4.39. The van der Waals surface area contributed by atoms with Gasteiger partial charge in [-0.2, -0.15) is 0 Å². The fourth-order valence-electron chi connectivity index (χ4n) is 2.44. The van der Waals surface area contributed by atoms with Crippen LogP contribution in [-0.2, 0) is 6.42 Å². The Balaban J connectivity index is 2.41. The topological polar surface area (TPSA) is 66.0 Å². The third-order valence-electron chi connectivity index (χ3n) is 3.28. The van der Waals surface area contributed by atoms with Gasteiger partial charge in [-0.1, -0.05) is 31.5 Å². The zero-order chi connectivity index (χ0) is 13.4. The molecule has 0 amide bonds. The van der Waals surface area contributed by atoms with Gasteiger partial charge in [0, 0.05) is 16.3 Å². The first kappa shape index (κ1) is 11.7. The number of carbonyl (C=O) groups is 1. The SMILES string of the molecule is CCCc1nc(C(=O)O)cc2c1[nH]c1ccccc12. The molecule has 2 aromatic heterocycles. The molecule has 19 heavy (non-hydrogen) atoms. The highest BCUT2D eigenvalue weighted by molar-refractivity contribution is 6.09. The summed E-state index contributed by atoms with van der Waals surface area (Å²) in [5.41, 5.74) is 2.90. The van der Waals surface area contributed by atoms with Crippen molar-refractivity contribution in [1.82, 2.24) is 9.97 Å². The number of carboxylic acids is 1. The third-order valence-corrected chi connectivity index (χ3v) is 3.28. The summed E-state index contributed by atoms with van der Waals surface area (Å²) in [5.74, 6) is -0.982. The van der Waals surface area contributed by atoms with Crippen LogP contribution in [0.3, 0.4) is 0 Å². The summed E-state index contributed by atoms with van der Waals surface area (Å²) in [4.78, 5) is 18.8. The largest absolute Gasteiger partial charge is 0.477 e. The van der Waals surface area contributed by atoms with Crippen LogP contribution in [0.2, 0.25) is 0 Å². The Morgan fingerprint density at radius 2 is 2.11 bits per heavy atom. The highest BCUT2D eigenvalue weighted by Crippen LogP contribution is 2.28. The number of carboxylic acid groups (broad SMARTS) is 1. The zero-order valence-electron chi connectivity index (χ0n) is 10.6. The Kier molecular flexibility index (Phi) is 2.71. The smallest absolute Gasteiger partial charge is 0.354 e. The van der Waals surface area contributed by atoms with E-state index in [-0.39, 0.29) is 5.69 Å². The first-order chi connectivity index (χ1) is 9.20. The fraction of sp³-hybridized carbons (Fsp3) is 0.200. The van der Waals surface area contributed by atoms with Gasteiger partial charge in [-0.15, -0.1) is 0 Å². The van der Waals surface area contributed by atoms with Crippen LogP contribution in [-0.4, -0.2) is 21.0 Å². The predicted octanol–water partition coefficient (Wildman–Crippen LogP) is 3.37. The van der Waals surface area contributed by atoms with Gasteiger partial charge in [0.05, 0.1) is 11.2 Å². The zero-order valence-corrected chi connectivity index (χ0v) is 10.6. The van der Waals surface area contributed by atoms with E-state index in [1.165, 1.54) is 0 Å². The predicted molar refractivity (Wildman–Crippen MR) is 74.6 cm³/mol. The van der Waals surface area contributed by atoms with Gasteiger partial charge < -0.3 is 10.1 Å². The molecule has 3 rings (SSSR count). The van der Waals surface area contributed by atoms with Gasteiger partial charge in [0.15, 0.2) is 0 Å². The number of aromatic carboxylic acids is 1. The molecular weight excluding hydrogens is 240 g/mol. The third kappa shape index (κ3) is 1.85. The highest BCUT2D eigenvalue weighted by atomic mass is 16.4. The van der Waals surface area contributed by atoms with E-state index in [4.69, 9.17) is 0 Å². The number of aryl methyl sites for hydroxylation is 1. The molecular formula is C15H14N2O2. The summed E-state index contributed by atoms with van der Waals surface area (Å²) in [6, 6.07) is 9.55. The minimum atomic E-state index is -0.982. The number of aromatic amines is 1. The molecule has 0 saturated carbocycles. The first-order valence-corrected chi connectivity index (χ1v) is 6.34. The molecule has 0 bridgehead atoms. The number of hydrogen-bond acceptors (Lipinski definition) is 2. The van der Waals surface area contributed by atoms with Crippen LogP contribution in [0.1, 0.15) is 29.5 Å². The van der Waals surface area contributed by atoms with Gasteiger partial charge in [0.1, 0.15) is 5.69 Å². The standard InChI is InChI=1S/C15H14N2O2/c1-2-5-12-14-10(8-13(16-12)15(18)19)9-6-3-4-7-11(9)17-14/h3-4,6-8,17H,2,5H2,1H3,(H,18,19). The van der Waals surface area contributed by atoms with Gasteiger partial charge in [-0.3, -0.25) is 0 Å². The summed E-state index contributed by atoms with van der Waals surface area (Å²) >= 11 is 0. The van der Waals surface area contributed by atoms with E-state index in [0.29, 0.717) is 0 Å². The van der Waals surface area contributed by atoms with Crippen LogP contribution >= 0.6 is 0 Å². The average molecular weight is 254 g/mol. The monoisotopic (exact) mass is 254 g/mol. The van der Waals surface area contributed by atoms with E-state index >= 15 is 0 Å². The lowest BCUT2D eigenvalue weighted by atomic mass is 10.1. The van der Waals surface area contributed by atoms with Crippen molar-refractivity contribution in [3.63, 3.8) is 0 Å². The van der Waals surface area contributed by atoms with Crippen LogP contribution in [0.4, 0.5) is 0 Å². The maximum absolute atomic E-state index is 11.2. The van der Waals surface area contributed by atoms with E-state index in [1.54, 1.807) is 6.07 Å². The summed E-state index contributed by atoms with van der Waals surface area (Å²) < 4.78 is 0. The second-order valence-electron chi connectivity index (χ2n) is 4.60. The Hall–Kier alpha value is -2.36. The highest BCUT2D eigenvalue weighted by Gasteiger charge is 2.14. The number of fused-ring (bicyclic) bond motifs is 3. The number of pyridine rings is 1. The molecule has 3 aromatic rings. The van der Waals surface area contributed by atoms with Crippen LogP contribution in [0, 0.1) is 0 Å². The van der Waals surface area contributed by atoms with E-state index in [1.807, 2.05) is 24.3 Å². The van der Waals surface area contributed by atoms with Gasteiger partial charge in [0.2, 0.25) is 0 Å². The minimum Gasteiger partial charge on any atom is -0.477 e. The molecule has 4 heteroatoms. The second-order valence-corrected chi connectivity index (χ2v) is 4.60. The van der Waals surface area contributed by atoms with Crippen molar-refractivity contribution in [1.29, 1.82) is 0 Å². The van der Waals surface area contributed by atoms with Gasteiger partial charge >= 0.3 is 5.97 Å². The molecule has 0 unspecified atom stereocenters. The summed E-state index contributed by atoms with van der Waals surface area (Å²) in [6.45, 7) is 2.06. The Labute approximate surface area is 110 Å². The number of para-hydroxylation sites is 1. The number of nitrogens with zero attached hydrogens (tertiary/aromatic N) is 1. The lowest BCUT2D eigenvalue weighted by Gasteiger charge is -2.03. The number of aromatic nitrogens is 2.